The highest BCUT2D eigenvalue weighted by atomic mass is 32.2. The number of rotatable bonds is 8. The van der Waals surface area contributed by atoms with Gasteiger partial charge < -0.3 is 10.1 Å². The van der Waals surface area contributed by atoms with Gasteiger partial charge in [-0.15, -0.1) is 10.2 Å². The zero-order valence-electron chi connectivity index (χ0n) is 16.3. The predicted octanol–water partition coefficient (Wildman–Crippen LogP) is 3.07. The summed E-state index contributed by atoms with van der Waals surface area (Å²) in [5, 5.41) is 12.1. The van der Waals surface area contributed by atoms with Gasteiger partial charge in [0.05, 0.1) is 18.4 Å². The number of hydrogen-bond acceptors (Lipinski definition) is 6. The number of ether oxygens (including phenoxy) is 1. The third kappa shape index (κ3) is 5.22. The lowest BCUT2D eigenvalue weighted by Crippen LogP contribution is -2.25. The van der Waals surface area contributed by atoms with Crippen molar-refractivity contribution in [1.29, 1.82) is 0 Å². The number of nitrogens with zero attached hydrogens (tertiary/aromatic N) is 4. The van der Waals surface area contributed by atoms with Crippen LogP contribution in [0.25, 0.3) is 11.4 Å². The quantitative estimate of drug-likeness (QED) is 0.557. The number of halogens is 1. The van der Waals surface area contributed by atoms with Crippen LogP contribution in [0.3, 0.4) is 0 Å². The molecule has 1 N–H and O–H groups in total. The lowest BCUT2D eigenvalue weighted by atomic mass is 10.2. The minimum atomic E-state index is -0.302. The Bertz CT molecular complexity index is 975. The van der Waals surface area contributed by atoms with Crippen molar-refractivity contribution < 1.29 is 13.9 Å². The second kappa shape index (κ2) is 9.82. The first-order chi connectivity index (χ1) is 14.7. The van der Waals surface area contributed by atoms with Gasteiger partial charge in [-0.25, -0.2) is 4.39 Å². The van der Waals surface area contributed by atoms with Gasteiger partial charge in [0.15, 0.2) is 11.0 Å². The summed E-state index contributed by atoms with van der Waals surface area (Å²) in [5.74, 6) is 0.458. The third-order valence-electron chi connectivity index (χ3n) is 4.77. The minimum absolute atomic E-state index is 0.0824. The van der Waals surface area contributed by atoms with E-state index in [1.165, 1.54) is 23.9 Å². The fourth-order valence-electron chi connectivity index (χ4n) is 3.25. The van der Waals surface area contributed by atoms with E-state index in [9.17, 15) is 9.18 Å². The van der Waals surface area contributed by atoms with Crippen LogP contribution in [0.4, 0.5) is 4.39 Å². The molecule has 0 saturated carbocycles. The molecule has 7 nitrogen and oxygen atoms in total. The average Bonchev–Trinajstić information content (AvgIpc) is 3.43. The molecule has 4 rings (SSSR count). The molecule has 156 valence electrons. The molecule has 3 heterocycles. The molecule has 0 spiro atoms. The molecule has 1 aliphatic rings. The fourth-order valence-corrected chi connectivity index (χ4v) is 4.03. The molecular weight excluding hydrogens is 405 g/mol. The predicted molar refractivity (Wildman–Crippen MR) is 111 cm³/mol. The second-order valence-electron chi connectivity index (χ2n) is 6.99. The summed E-state index contributed by atoms with van der Waals surface area (Å²) < 4.78 is 21.1. The maximum atomic E-state index is 13.3. The molecule has 1 atom stereocenters. The molecule has 1 aromatic carbocycles. The Morgan fingerprint density at radius 2 is 2.13 bits per heavy atom. The summed E-state index contributed by atoms with van der Waals surface area (Å²) in [6, 6.07) is 9.91. The number of amides is 1. The summed E-state index contributed by atoms with van der Waals surface area (Å²) in [6.45, 7) is 1.77. The highest BCUT2D eigenvalue weighted by Gasteiger charge is 2.22. The van der Waals surface area contributed by atoms with Crippen LogP contribution < -0.4 is 5.32 Å². The number of aromatic nitrogens is 4. The van der Waals surface area contributed by atoms with Crippen molar-refractivity contribution >= 4 is 17.7 Å². The maximum absolute atomic E-state index is 13.3. The first-order valence-electron chi connectivity index (χ1n) is 9.78. The molecule has 1 fully saturated rings. The van der Waals surface area contributed by atoms with Crippen LogP contribution in [0, 0.1) is 5.82 Å². The first kappa shape index (κ1) is 20.5. The van der Waals surface area contributed by atoms with Gasteiger partial charge in [0, 0.05) is 31.1 Å². The molecule has 1 saturated heterocycles. The van der Waals surface area contributed by atoms with Gasteiger partial charge in [-0.2, -0.15) is 0 Å². The van der Waals surface area contributed by atoms with Gasteiger partial charge in [-0.1, -0.05) is 17.8 Å². The molecule has 9 heteroatoms. The maximum Gasteiger partial charge on any atom is 0.230 e. The van der Waals surface area contributed by atoms with E-state index < -0.39 is 0 Å². The van der Waals surface area contributed by atoms with Crippen molar-refractivity contribution in [3.63, 3.8) is 0 Å². The van der Waals surface area contributed by atoms with E-state index in [0.717, 1.165) is 30.6 Å². The van der Waals surface area contributed by atoms with E-state index in [2.05, 4.69) is 20.5 Å². The van der Waals surface area contributed by atoms with Crippen molar-refractivity contribution in [2.24, 2.45) is 0 Å². The normalized spacial score (nSPS) is 16.0. The van der Waals surface area contributed by atoms with Gasteiger partial charge in [0.1, 0.15) is 5.82 Å². The van der Waals surface area contributed by atoms with E-state index in [0.29, 0.717) is 24.1 Å². The van der Waals surface area contributed by atoms with E-state index in [1.807, 2.05) is 16.7 Å². The van der Waals surface area contributed by atoms with Crippen LogP contribution in [0.1, 0.15) is 18.4 Å². The summed E-state index contributed by atoms with van der Waals surface area (Å²) in [4.78, 5) is 16.3. The zero-order chi connectivity index (χ0) is 20.8. The number of benzene rings is 1. The highest BCUT2D eigenvalue weighted by molar-refractivity contribution is 7.99. The molecule has 2 aromatic heterocycles. The number of hydrogen-bond donors (Lipinski definition) is 1. The summed E-state index contributed by atoms with van der Waals surface area (Å²) >= 11 is 1.32. The summed E-state index contributed by atoms with van der Waals surface area (Å²) in [5.41, 5.74) is 1.71. The van der Waals surface area contributed by atoms with Gasteiger partial charge in [0.25, 0.3) is 0 Å². The van der Waals surface area contributed by atoms with E-state index in [1.54, 1.807) is 24.5 Å². The van der Waals surface area contributed by atoms with Gasteiger partial charge in [0.2, 0.25) is 5.91 Å². The Balaban J connectivity index is 1.44. The molecule has 0 aliphatic carbocycles. The van der Waals surface area contributed by atoms with Crippen molar-refractivity contribution in [1.82, 2.24) is 25.1 Å². The highest BCUT2D eigenvalue weighted by Crippen LogP contribution is 2.26. The average molecular weight is 428 g/mol. The van der Waals surface area contributed by atoms with E-state index in [4.69, 9.17) is 4.74 Å². The fraction of sp³-hybridized carbons (Fsp3) is 0.333. The SMILES string of the molecule is O=C(CSc1nnc(-c2ccc(F)cc2)n1CC1CCCO1)NCc1cccnc1. The molecule has 1 aliphatic heterocycles. The Kier molecular flexibility index (Phi) is 6.70. The van der Waals surface area contributed by atoms with Crippen LogP contribution in [0.15, 0.2) is 53.9 Å². The van der Waals surface area contributed by atoms with Crippen LogP contribution in [0.2, 0.25) is 0 Å². The smallest absolute Gasteiger partial charge is 0.230 e. The van der Waals surface area contributed by atoms with Crippen LogP contribution in [-0.2, 0) is 22.6 Å². The topological polar surface area (TPSA) is 81.9 Å². The molecular formula is C21H22FN5O2S. The molecule has 1 amide bonds. The van der Waals surface area contributed by atoms with Crippen molar-refractivity contribution in [3.8, 4) is 11.4 Å². The summed E-state index contributed by atoms with van der Waals surface area (Å²) in [6.07, 6.45) is 5.50. The number of pyridine rings is 1. The van der Waals surface area contributed by atoms with Crippen molar-refractivity contribution in [2.75, 3.05) is 12.4 Å². The minimum Gasteiger partial charge on any atom is -0.376 e. The number of thioether (sulfide) groups is 1. The standard InChI is InChI=1S/C21H22FN5O2S/c22-17-7-5-16(6-8-17)20-25-26-21(27(20)13-18-4-2-10-29-18)30-14-19(28)24-12-15-3-1-9-23-11-15/h1,3,5-9,11,18H,2,4,10,12-14H2,(H,24,28). The lowest BCUT2D eigenvalue weighted by Gasteiger charge is -2.14. The van der Waals surface area contributed by atoms with Crippen molar-refractivity contribution in [2.45, 2.75) is 37.2 Å². The Labute approximate surface area is 178 Å². The van der Waals surface area contributed by atoms with E-state index >= 15 is 0 Å². The Morgan fingerprint density at radius 3 is 2.87 bits per heavy atom. The van der Waals surface area contributed by atoms with Gasteiger partial charge in [-0.05, 0) is 48.7 Å². The monoisotopic (exact) mass is 427 g/mol. The molecule has 30 heavy (non-hydrogen) atoms. The largest absolute Gasteiger partial charge is 0.376 e. The molecule has 3 aromatic rings. The molecule has 0 bridgehead atoms. The number of nitrogens with one attached hydrogen (secondary N) is 1. The summed E-state index contributed by atoms with van der Waals surface area (Å²) in [7, 11) is 0. The Morgan fingerprint density at radius 1 is 1.27 bits per heavy atom. The van der Waals surface area contributed by atoms with Crippen LogP contribution >= 0.6 is 11.8 Å². The lowest BCUT2D eigenvalue weighted by molar-refractivity contribution is -0.118. The zero-order valence-corrected chi connectivity index (χ0v) is 17.1. The first-order valence-corrected chi connectivity index (χ1v) is 10.8. The Hall–Kier alpha value is -2.78. The van der Waals surface area contributed by atoms with E-state index in [-0.39, 0.29) is 23.6 Å². The van der Waals surface area contributed by atoms with Crippen LogP contribution in [0.5, 0.6) is 0 Å². The van der Waals surface area contributed by atoms with Gasteiger partial charge >= 0.3 is 0 Å². The number of carbonyl (C=O) groups excluding carboxylic acids is 1. The van der Waals surface area contributed by atoms with Gasteiger partial charge in [-0.3, -0.25) is 14.3 Å². The molecule has 1 unspecified atom stereocenters. The second-order valence-corrected chi connectivity index (χ2v) is 7.93. The van der Waals surface area contributed by atoms with Crippen LogP contribution in [-0.4, -0.2) is 44.1 Å². The number of carbonyl (C=O) groups is 1. The van der Waals surface area contributed by atoms with Crippen molar-refractivity contribution in [3.05, 3.63) is 60.2 Å². The third-order valence-corrected chi connectivity index (χ3v) is 5.74. The molecule has 0 radical (unpaired) electrons.